The molecule has 0 amide bonds. The number of phenols is 3. The van der Waals surface area contributed by atoms with Crippen LogP contribution in [0.2, 0.25) is 0 Å². The predicted octanol–water partition coefficient (Wildman–Crippen LogP) is 3.72. The summed E-state index contributed by atoms with van der Waals surface area (Å²) in [6, 6.07) is 7.91. The van der Waals surface area contributed by atoms with Gasteiger partial charge < -0.3 is 20.1 Å². The van der Waals surface area contributed by atoms with Crippen molar-refractivity contribution in [3.63, 3.8) is 0 Å². The Morgan fingerprint density at radius 3 is 2.29 bits per heavy atom. The Balaban J connectivity index is 2.06. The van der Waals surface area contributed by atoms with Crippen LogP contribution >= 0.6 is 0 Å². The van der Waals surface area contributed by atoms with Crippen molar-refractivity contribution >= 4 is 5.78 Å². The number of rotatable bonds is 7. The van der Waals surface area contributed by atoms with E-state index in [0.717, 1.165) is 12.0 Å². The number of carbonyl (C=O) groups excluding carboxylic acids is 1. The quantitative estimate of drug-likeness (QED) is 0.674. The number of hydrogen-bond donors (Lipinski definition) is 3. The van der Waals surface area contributed by atoms with Gasteiger partial charge in [0.05, 0.1) is 6.61 Å². The van der Waals surface area contributed by atoms with Crippen LogP contribution in [0.5, 0.6) is 23.0 Å². The van der Waals surface area contributed by atoms with Crippen molar-refractivity contribution in [3.05, 3.63) is 47.0 Å². The molecule has 0 heterocycles. The van der Waals surface area contributed by atoms with E-state index >= 15 is 0 Å². The lowest BCUT2D eigenvalue weighted by Crippen LogP contribution is -2.03. The molecule has 0 saturated carbocycles. The number of aryl methyl sites for hydroxylation is 2. The zero-order chi connectivity index (χ0) is 17.7. The van der Waals surface area contributed by atoms with Gasteiger partial charge in [-0.25, -0.2) is 0 Å². The molecular formula is C19H22O5. The van der Waals surface area contributed by atoms with E-state index in [-0.39, 0.29) is 35.0 Å². The number of carbonyl (C=O) groups is 1. The number of phenolic OH excluding ortho intramolecular Hbond substituents is 3. The summed E-state index contributed by atoms with van der Waals surface area (Å²) in [5.74, 6) is -0.335. The lowest BCUT2D eigenvalue weighted by molar-refractivity contribution is 0.0977. The fourth-order valence-electron chi connectivity index (χ4n) is 2.47. The van der Waals surface area contributed by atoms with E-state index in [2.05, 4.69) is 0 Å². The van der Waals surface area contributed by atoms with Crippen molar-refractivity contribution in [2.24, 2.45) is 0 Å². The largest absolute Gasteiger partial charge is 0.507 e. The molecule has 0 atom stereocenters. The van der Waals surface area contributed by atoms with Gasteiger partial charge in [0, 0.05) is 6.42 Å². The van der Waals surface area contributed by atoms with Crippen LogP contribution in [-0.2, 0) is 6.42 Å². The van der Waals surface area contributed by atoms with Gasteiger partial charge >= 0.3 is 0 Å². The molecule has 128 valence electrons. The average molecular weight is 330 g/mol. The zero-order valence-electron chi connectivity index (χ0n) is 13.9. The van der Waals surface area contributed by atoms with Gasteiger partial charge in [0.15, 0.2) is 17.3 Å². The van der Waals surface area contributed by atoms with Crippen LogP contribution in [-0.4, -0.2) is 27.7 Å². The highest BCUT2D eigenvalue weighted by Gasteiger charge is 2.17. The maximum absolute atomic E-state index is 12.3. The predicted molar refractivity (Wildman–Crippen MR) is 91.1 cm³/mol. The Morgan fingerprint density at radius 1 is 1.04 bits per heavy atom. The van der Waals surface area contributed by atoms with Crippen molar-refractivity contribution in [2.75, 3.05) is 6.61 Å². The summed E-state index contributed by atoms with van der Waals surface area (Å²) < 4.78 is 5.40. The summed E-state index contributed by atoms with van der Waals surface area (Å²) in [5.41, 5.74) is 1.39. The lowest BCUT2D eigenvalue weighted by atomic mass is 10.00. The second-order valence-electron chi connectivity index (χ2n) is 5.75. The molecule has 2 aromatic rings. The molecule has 3 N–H and O–H groups in total. The summed E-state index contributed by atoms with van der Waals surface area (Å²) in [4.78, 5) is 12.3. The van der Waals surface area contributed by atoms with Gasteiger partial charge in [-0.1, -0.05) is 13.0 Å². The fourth-order valence-corrected chi connectivity index (χ4v) is 2.47. The molecule has 5 nitrogen and oxygen atoms in total. The van der Waals surface area contributed by atoms with Crippen molar-refractivity contribution in [2.45, 2.75) is 33.1 Å². The first-order valence-electron chi connectivity index (χ1n) is 7.92. The average Bonchev–Trinajstić information content (AvgIpc) is 2.51. The third kappa shape index (κ3) is 4.19. The van der Waals surface area contributed by atoms with Crippen molar-refractivity contribution < 1.29 is 24.9 Å². The standard InChI is InChI=1S/C19H22O5/c1-3-8-24-18-7-5-13(11-15(18)21)4-6-14(20)19-16(22)9-12(2)10-17(19)23/h5,7,9-11,21-23H,3-4,6,8H2,1-2H3. The number of aromatic hydroxyl groups is 3. The molecule has 0 fully saturated rings. The van der Waals surface area contributed by atoms with E-state index in [1.807, 2.05) is 6.92 Å². The van der Waals surface area contributed by atoms with Gasteiger partial charge in [0.2, 0.25) is 0 Å². The molecule has 0 aromatic heterocycles. The molecule has 5 heteroatoms. The van der Waals surface area contributed by atoms with Gasteiger partial charge in [-0.3, -0.25) is 4.79 Å². The van der Waals surface area contributed by atoms with Crippen molar-refractivity contribution in [3.8, 4) is 23.0 Å². The maximum atomic E-state index is 12.3. The first kappa shape index (κ1) is 17.7. The van der Waals surface area contributed by atoms with Gasteiger partial charge in [-0.2, -0.15) is 0 Å². The Bertz CT molecular complexity index is 714. The van der Waals surface area contributed by atoms with Crippen LogP contribution < -0.4 is 4.74 Å². The summed E-state index contributed by atoms with van der Waals surface area (Å²) in [6.07, 6.45) is 1.34. The molecule has 0 aliphatic heterocycles. The third-order valence-corrected chi connectivity index (χ3v) is 3.65. The lowest BCUT2D eigenvalue weighted by Gasteiger charge is -2.10. The molecule has 0 bridgehead atoms. The van der Waals surface area contributed by atoms with E-state index in [1.165, 1.54) is 12.1 Å². The minimum atomic E-state index is -0.351. The van der Waals surface area contributed by atoms with Crippen molar-refractivity contribution in [1.82, 2.24) is 0 Å². The van der Waals surface area contributed by atoms with E-state index in [9.17, 15) is 20.1 Å². The van der Waals surface area contributed by atoms with Crippen LogP contribution in [0.25, 0.3) is 0 Å². The number of ether oxygens (including phenoxy) is 1. The van der Waals surface area contributed by atoms with Gasteiger partial charge in [-0.05, 0) is 55.2 Å². The Morgan fingerprint density at radius 2 is 1.71 bits per heavy atom. The molecule has 0 saturated heterocycles. The summed E-state index contributed by atoms with van der Waals surface area (Å²) in [6.45, 7) is 4.23. The van der Waals surface area contributed by atoms with Crippen molar-refractivity contribution in [1.29, 1.82) is 0 Å². The van der Waals surface area contributed by atoms with Crippen LogP contribution in [0, 0.1) is 6.92 Å². The Kier molecular flexibility index (Phi) is 5.68. The normalized spacial score (nSPS) is 10.6. The van der Waals surface area contributed by atoms with Crippen LogP contribution in [0.1, 0.15) is 41.3 Å². The minimum absolute atomic E-state index is 0.0365. The summed E-state index contributed by atoms with van der Waals surface area (Å²) in [5, 5.41) is 29.7. The molecule has 2 aromatic carbocycles. The SMILES string of the molecule is CCCOc1ccc(CCC(=O)c2c(O)cc(C)cc2O)cc1O. The molecule has 0 unspecified atom stereocenters. The monoisotopic (exact) mass is 330 g/mol. The minimum Gasteiger partial charge on any atom is -0.507 e. The molecule has 0 radical (unpaired) electrons. The number of ketones is 1. The smallest absolute Gasteiger partial charge is 0.170 e. The topological polar surface area (TPSA) is 87.0 Å². The van der Waals surface area contributed by atoms with E-state index < -0.39 is 0 Å². The first-order chi connectivity index (χ1) is 11.4. The van der Waals surface area contributed by atoms with E-state index in [4.69, 9.17) is 4.74 Å². The molecular weight excluding hydrogens is 308 g/mol. The fraction of sp³-hybridized carbons (Fsp3) is 0.316. The highest BCUT2D eigenvalue weighted by Crippen LogP contribution is 2.31. The Labute approximate surface area is 141 Å². The molecule has 2 rings (SSSR count). The number of benzene rings is 2. The molecule has 0 aliphatic rings. The highest BCUT2D eigenvalue weighted by atomic mass is 16.5. The third-order valence-electron chi connectivity index (χ3n) is 3.65. The van der Waals surface area contributed by atoms with Gasteiger partial charge in [-0.15, -0.1) is 0 Å². The van der Waals surface area contributed by atoms with E-state index in [0.29, 0.717) is 24.3 Å². The molecule has 0 spiro atoms. The number of hydrogen-bond acceptors (Lipinski definition) is 5. The van der Waals surface area contributed by atoms with Crippen LogP contribution in [0.4, 0.5) is 0 Å². The molecule has 0 aliphatic carbocycles. The second-order valence-corrected chi connectivity index (χ2v) is 5.75. The second kappa shape index (κ2) is 7.73. The highest BCUT2D eigenvalue weighted by molar-refractivity contribution is 6.01. The Hall–Kier alpha value is -2.69. The summed E-state index contributed by atoms with van der Waals surface area (Å²) >= 11 is 0. The van der Waals surface area contributed by atoms with Gasteiger partial charge in [0.1, 0.15) is 17.1 Å². The zero-order valence-corrected chi connectivity index (χ0v) is 13.9. The van der Waals surface area contributed by atoms with Gasteiger partial charge in [0.25, 0.3) is 0 Å². The van der Waals surface area contributed by atoms with Crippen LogP contribution in [0.15, 0.2) is 30.3 Å². The summed E-state index contributed by atoms with van der Waals surface area (Å²) in [7, 11) is 0. The van der Waals surface area contributed by atoms with E-state index in [1.54, 1.807) is 25.1 Å². The van der Waals surface area contributed by atoms with Crippen LogP contribution in [0.3, 0.4) is 0 Å². The molecule has 24 heavy (non-hydrogen) atoms. The number of Topliss-reactive ketones (excluding diaryl/α,β-unsaturated/α-hetero) is 1. The first-order valence-corrected chi connectivity index (χ1v) is 7.92. The maximum Gasteiger partial charge on any atom is 0.170 e.